The summed E-state index contributed by atoms with van der Waals surface area (Å²) in [6, 6.07) is 5.34. The SMILES string of the molecule is C[C@@H](N)COCc1cc(Cl)ccc1Cl. The number of nitrogens with two attached hydrogens (primary N) is 1. The fourth-order valence-corrected chi connectivity index (χ4v) is 1.38. The predicted molar refractivity (Wildman–Crippen MR) is 59.8 cm³/mol. The van der Waals surface area contributed by atoms with Crippen LogP contribution in [0, 0.1) is 0 Å². The van der Waals surface area contributed by atoms with E-state index in [2.05, 4.69) is 0 Å². The maximum atomic E-state index is 5.94. The van der Waals surface area contributed by atoms with Gasteiger partial charge in [0.25, 0.3) is 0 Å². The number of ether oxygens (including phenoxy) is 1. The van der Waals surface area contributed by atoms with Crippen molar-refractivity contribution >= 4 is 23.2 Å². The van der Waals surface area contributed by atoms with E-state index in [-0.39, 0.29) is 6.04 Å². The molecule has 2 nitrogen and oxygen atoms in total. The van der Waals surface area contributed by atoms with Crippen molar-refractivity contribution < 1.29 is 4.74 Å². The van der Waals surface area contributed by atoms with Crippen LogP contribution in [0.5, 0.6) is 0 Å². The Morgan fingerprint density at radius 1 is 1.43 bits per heavy atom. The Bertz CT molecular complexity index is 302. The van der Waals surface area contributed by atoms with Crippen LogP contribution in [-0.4, -0.2) is 12.6 Å². The minimum atomic E-state index is 0.0351. The van der Waals surface area contributed by atoms with Gasteiger partial charge in [-0.05, 0) is 30.7 Å². The van der Waals surface area contributed by atoms with Gasteiger partial charge >= 0.3 is 0 Å². The van der Waals surface area contributed by atoms with Crippen LogP contribution in [0.4, 0.5) is 0 Å². The Labute approximate surface area is 94.0 Å². The largest absolute Gasteiger partial charge is 0.375 e. The molecule has 0 heterocycles. The van der Waals surface area contributed by atoms with Crippen molar-refractivity contribution in [1.82, 2.24) is 0 Å². The van der Waals surface area contributed by atoms with E-state index >= 15 is 0 Å². The molecule has 1 aromatic rings. The predicted octanol–water partition coefficient (Wildman–Crippen LogP) is 2.86. The van der Waals surface area contributed by atoms with E-state index in [4.69, 9.17) is 33.7 Å². The average Bonchev–Trinajstić information content (AvgIpc) is 2.10. The fraction of sp³-hybridized carbons (Fsp3) is 0.400. The van der Waals surface area contributed by atoms with Crippen LogP contribution >= 0.6 is 23.2 Å². The van der Waals surface area contributed by atoms with E-state index < -0.39 is 0 Å². The molecule has 2 N–H and O–H groups in total. The number of hydrogen-bond donors (Lipinski definition) is 1. The molecular weight excluding hydrogens is 221 g/mol. The van der Waals surface area contributed by atoms with E-state index in [1.165, 1.54) is 0 Å². The summed E-state index contributed by atoms with van der Waals surface area (Å²) in [5.74, 6) is 0. The molecule has 0 bridgehead atoms. The monoisotopic (exact) mass is 233 g/mol. The first-order valence-corrected chi connectivity index (χ1v) is 5.12. The molecule has 1 atom stereocenters. The Balaban J connectivity index is 2.53. The molecule has 0 aromatic heterocycles. The second-order valence-electron chi connectivity index (χ2n) is 3.23. The summed E-state index contributed by atoms with van der Waals surface area (Å²) in [5, 5.41) is 1.33. The van der Waals surface area contributed by atoms with Crippen molar-refractivity contribution in [3.05, 3.63) is 33.8 Å². The van der Waals surface area contributed by atoms with E-state index in [1.807, 2.05) is 6.92 Å². The van der Waals surface area contributed by atoms with Crippen molar-refractivity contribution in [1.29, 1.82) is 0 Å². The number of rotatable bonds is 4. The summed E-state index contributed by atoms with van der Waals surface area (Å²) in [6.45, 7) is 2.85. The zero-order chi connectivity index (χ0) is 10.6. The first-order chi connectivity index (χ1) is 6.59. The highest BCUT2D eigenvalue weighted by Crippen LogP contribution is 2.21. The molecule has 1 aromatic carbocycles. The van der Waals surface area contributed by atoms with E-state index in [1.54, 1.807) is 18.2 Å². The van der Waals surface area contributed by atoms with Crippen LogP contribution in [0.15, 0.2) is 18.2 Å². The smallest absolute Gasteiger partial charge is 0.0732 e. The molecule has 1 rings (SSSR count). The van der Waals surface area contributed by atoms with Gasteiger partial charge in [0.1, 0.15) is 0 Å². The third kappa shape index (κ3) is 3.84. The molecule has 78 valence electrons. The fourth-order valence-electron chi connectivity index (χ4n) is 1.01. The normalized spacial score (nSPS) is 12.9. The van der Waals surface area contributed by atoms with Gasteiger partial charge in [0.05, 0.1) is 13.2 Å². The lowest BCUT2D eigenvalue weighted by Gasteiger charge is -2.08. The topological polar surface area (TPSA) is 35.2 Å². The summed E-state index contributed by atoms with van der Waals surface area (Å²) in [4.78, 5) is 0. The lowest BCUT2D eigenvalue weighted by atomic mass is 10.2. The molecular formula is C10H13Cl2NO. The summed E-state index contributed by atoms with van der Waals surface area (Å²) in [7, 11) is 0. The highest BCUT2D eigenvalue weighted by atomic mass is 35.5. The van der Waals surface area contributed by atoms with Crippen molar-refractivity contribution in [3.8, 4) is 0 Å². The standard InChI is InChI=1S/C10H13Cl2NO/c1-7(13)5-14-6-8-4-9(11)2-3-10(8)12/h2-4,7H,5-6,13H2,1H3/t7-/m1/s1. The molecule has 4 heteroatoms. The average molecular weight is 234 g/mol. The summed E-state index contributed by atoms with van der Waals surface area (Å²) in [5.41, 5.74) is 6.43. The zero-order valence-corrected chi connectivity index (χ0v) is 9.48. The van der Waals surface area contributed by atoms with Gasteiger partial charge in [0, 0.05) is 16.1 Å². The highest BCUT2D eigenvalue weighted by molar-refractivity contribution is 6.33. The molecule has 0 aliphatic rings. The van der Waals surface area contributed by atoms with Gasteiger partial charge in [-0.3, -0.25) is 0 Å². The van der Waals surface area contributed by atoms with Crippen molar-refractivity contribution in [2.75, 3.05) is 6.61 Å². The van der Waals surface area contributed by atoms with Crippen molar-refractivity contribution in [2.24, 2.45) is 5.73 Å². The van der Waals surface area contributed by atoms with Gasteiger partial charge in [-0.1, -0.05) is 23.2 Å². The summed E-state index contributed by atoms with van der Waals surface area (Å²) < 4.78 is 5.35. The third-order valence-electron chi connectivity index (χ3n) is 1.65. The molecule has 0 fully saturated rings. The van der Waals surface area contributed by atoms with Gasteiger partial charge in [-0.2, -0.15) is 0 Å². The summed E-state index contributed by atoms with van der Waals surface area (Å²) >= 11 is 11.8. The molecule has 0 spiro atoms. The third-order valence-corrected chi connectivity index (χ3v) is 2.25. The molecule has 0 aliphatic carbocycles. The quantitative estimate of drug-likeness (QED) is 0.869. The molecule has 14 heavy (non-hydrogen) atoms. The van der Waals surface area contributed by atoms with Crippen molar-refractivity contribution in [3.63, 3.8) is 0 Å². The van der Waals surface area contributed by atoms with Crippen LogP contribution < -0.4 is 5.73 Å². The maximum Gasteiger partial charge on any atom is 0.0732 e. The Morgan fingerprint density at radius 3 is 2.79 bits per heavy atom. The van der Waals surface area contributed by atoms with Gasteiger partial charge in [-0.15, -0.1) is 0 Å². The Morgan fingerprint density at radius 2 is 2.14 bits per heavy atom. The van der Waals surface area contributed by atoms with Gasteiger partial charge in [-0.25, -0.2) is 0 Å². The van der Waals surface area contributed by atoms with Gasteiger partial charge in [0.2, 0.25) is 0 Å². The van der Waals surface area contributed by atoms with Crippen LogP contribution in [0.3, 0.4) is 0 Å². The van der Waals surface area contributed by atoms with Crippen LogP contribution in [0.1, 0.15) is 12.5 Å². The van der Waals surface area contributed by atoms with E-state index in [0.717, 1.165) is 5.56 Å². The van der Waals surface area contributed by atoms with Crippen LogP contribution in [0.25, 0.3) is 0 Å². The molecule has 0 radical (unpaired) electrons. The maximum absolute atomic E-state index is 5.94. The van der Waals surface area contributed by atoms with Crippen LogP contribution in [-0.2, 0) is 11.3 Å². The molecule has 0 amide bonds. The number of halogens is 2. The minimum absolute atomic E-state index is 0.0351. The van der Waals surface area contributed by atoms with Crippen molar-refractivity contribution in [2.45, 2.75) is 19.6 Å². The molecule has 0 saturated heterocycles. The second-order valence-corrected chi connectivity index (χ2v) is 4.07. The Kier molecular flexibility index (Phi) is 4.69. The molecule has 0 aliphatic heterocycles. The van der Waals surface area contributed by atoms with Crippen LogP contribution in [0.2, 0.25) is 10.0 Å². The number of hydrogen-bond acceptors (Lipinski definition) is 2. The first-order valence-electron chi connectivity index (χ1n) is 4.37. The van der Waals surface area contributed by atoms with Gasteiger partial charge < -0.3 is 10.5 Å². The molecule has 0 unspecified atom stereocenters. The minimum Gasteiger partial charge on any atom is -0.375 e. The Hall–Kier alpha value is -0.280. The second kappa shape index (κ2) is 5.56. The lowest BCUT2D eigenvalue weighted by molar-refractivity contribution is 0.111. The highest BCUT2D eigenvalue weighted by Gasteiger charge is 2.02. The first kappa shape index (κ1) is 11.8. The number of benzene rings is 1. The molecule has 0 saturated carbocycles. The van der Waals surface area contributed by atoms with Gasteiger partial charge in [0.15, 0.2) is 0 Å². The van der Waals surface area contributed by atoms with E-state index in [0.29, 0.717) is 23.3 Å². The lowest BCUT2D eigenvalue weighted by Crippen LogP contribution is -2.21. The van der Waals surface area contributed by atoms with E-state index in [9.17, 15) is 0 Å². The zero-order valence-electron chi connectivity index (χ0n) is 7.97. The summed E-state index contributed by atoms with van der Waals surface area (Å²) in [6.07, 6.45) is 0.